The van der Waals surface area contributed by atoms with Gasteiger partial charge in [0.25, 0.3) is 0 Å². The molecule has 1 heterocycles. The van der Waals surface area contributed by atoms with E-state index in [-0.39, 0.29) is 0 Å². The van der Waals surface area contributed by atoms with Gasteiger partial charge < -0.3 is 9.72 Å². The second-order valence-electron chi connectivity index (χ2n) is 4.37. The number of benzene rings is 2. The van der Waals surface area contributed by atoms with Crippen molar-refractivity contribution in [3.63, 3.8) is 0 Å². The van der Waals surface area contributed by atoms with Crippen molar-refractivity contribution in [3.8, 4) is 11.4 Å². The van der Waals surface area contributed by atoms with Crippen LogP contribution < -0.4 is 4.74 Å². The first-order chi connectivity index (χ1) is 10.0. The fourth-order valence-corrected chi connectivity index (χ4v) is 3.06. The maximum Gasteiger partial charge on any atom is 0.182 e. The number of imidazole rings is 1. The van der Waals surface area contributed by atoms with E-state index < -0.39 is 0 Å². The van der Waals surface area contributed by atoms with Crippen molar-refractivity contribution in [1.82, 2.24) is 9.55 Å². The quantitative estimate of drug-likeness (QED) is 0.473. The van der Waals surface area contributed by atoms with E-state index in [0.29, 0.717) is 25.5 Å². The van der Waals surface area contributed by atoms with E-state index in [0.717, 1.165) is 16.8 Å². The number of nitrogens with zero attached hydrogens (tertiary/aromatic N) is 1. The van der Waals surface area contributed by atoms with E-state index in [2.05, 4.69) is 4.98 Å². The number of hydrogen-bond donors (Lipinski definition) is 1. The van der Waals surface area contributed by atoms with E-state index in [1.54, 1.807) is 23.8 Å². The third-order valence-corrected chi connectivity index (χ3v) is 4.43. The molecule has 0 aliphatic carbocycles. The summed E-state index contributed by atoms with van der Waals surface area (Å²) in [5.74, 6) is 0.724. The summed E-state index contributed by atoms with van der Waals surface area (Å²) in [5.41, 5.74) is 2.39. The van der Waals surface area contributed by atoms with Gasteiger partial charge in [-0.3, -0.25) is 4.57 Å². The molecule has 0 bridgehead atoms. The molecule has 0 spiro atoms. The molecule has 0 aliphatic rings. The Bertz CT molecular complexity index is 901. The van der Waals surface area contributed by atoms with Crippen LogP contribution in [0.5, 0.6) is 5.75 Å². The largest absolute Gasteiger partial charge is 0.497 e. The van der Waals surface area contributed by atoms with Crippen LogP contribution >= 0.6 is 47.0 Å². The van der Waals surface area contributed by atoms with Crippen molar-refractivity contribution >= 4 is 58.1 Å². The second-order valence-corrected chi connectivity index (χ2v) is 5.97. The topological polar surface area (TPSA) is 29.9 Å². The highest BCUT2D eigenvalue weighted by Gasteiger charge is 2.13. The molecular weight excluding hydrogens is 351 g/mol. The van der Waals surface area contributed by atoms with Gasteiger partial charge in [-0.2, -0.15) is 0 Å². The van der Waals surface area contributed by atoms with Crippen LogP contribution in [-0.2, 0) is 0 Å². The molecule has 0 amide bonds. The van der Waals surface area contributed by atoms with Crippen molar-refractivity contribution in [2.75, 3.05) is 7.11 Å². The molecule has 108 valence electrons. The maximum atomic E-state index is 6.28. The van der Waals surface area contributed by atoms with E-state index in [1.165, 1.54) is 0 Å². The van der Waals surface area contributed by atoms with Gasteiger partial charge in [0.05, 0.1) is 38.9 Å². The molecule has 21 heavy (non-hydrogen) atoms. The molecule has 0 fully saturated rings. The molecule has 0 saturated heterocycles. The van der Waals surface area contributed by atoms with Crippen molar-refractivity contribution in [1.29, 1.82) is 0 Å². The van der Waals surface area contributed by atoms with Crippen LogP contribution in [0.2, 0.25) is 15.1 Å². The minimum absolute atomic E-state index is 0.398. The number of hydrogen-bond acceptors (Lipinski definition) is 2. The number of ether oxygens (including phenoxy) is 1. The fraction of sp³-hybridized carbons (Fsp3) is 0.0714. The Labute approximate surface area is 141 Å². The SMILES string of the molecule is COc1ccc2[nH]c(=S)n(-c3cc(Cl)c(Cl)cc3Cl)c2c1. The van der Waals surface area contributed by atoms with Gasteiger partial charge in [0.1, 0.15) is 5.75 Å². The average Bonchev–Trinajstić information content (AvgIpc) is 2.78. The van der Waals surface area contributed by atoms with Crippen molar-refractivity contribution in [2.45, 2.75) is 0 Å². The summed E-state index contributed by atoms with van der Waals surface area (Å²) in [5, 5.41) is 1.27. The number of nitrogens with one attached hydrogen (secondary N) is 1. The molecule has 3 rings (SSSR count). The first-order valence-corrected chi connectivity index (χ1v) is 7.49. The van der Waals surface area contributed by atoms with Gasteiger partial charge >= 0.3 is 0 Å². The van der Waals surface area contributed by atoms with Gasteiger partial charge in [-0.1, -0.05) is 34.8 Å². The summed E-state index contributed by atoms with van der Waals surface area (Å²) in [4.78, 5) is 3.13. The van der Waals surface area contributed by atoms with Gasteiger partial charge in [0.15, 0.2) is 4.77 Å². The predicted octanol–water partition coefficient (Wildman–Crippen LogP) is 5.66. The molecule has 3 nitrogen and oxygen atoms in total. The third-order valence-electron chi connectivity index (χ3n) is 3.12. The van der Waals surface area contributed by atoms with Crippen molar-refractivity contribution in [2.24, 2.45) is 0 Å². The highest BCUT2D eigenvalue weighted by molar-refractivity contribution is 7.71. The summed E-state index contributed by atoms with van der Waals surface area (Å²) in [6.45, 7) is 0. The number of H-pyrrole nitrogens is 1. The summed E-state index contributed by atoms with van der Waals surface area (Å²) < 4.78 is 7.57. The Morgan fingerprint density at radius 1 is 1.05 bits per heavy atom. The normalized spacial score (nSPS) is 11.0. The summed E-state index contributed by atoms with van der Waals surface area (Å²) >= 11 is 23.7. The molecule has 0 saturated carbocycles. The zero-order valence-corrected chi connectivity index (χ0v) is 13.9. The minimum atomic E-state index is 0.398. The molecule has 0 aliphatic heterocycles. The molecule has 7 heteroatoms. The summed E-state index contributed by atoms with van der Waals surface area (Å²) in [6, 6.07) is 8.91. The zero-order chi connectivity index (χ0) is 15.1. The number of methoxy groups -OCH3 is 1. The van der Waals surface area contributed by atoms with Gasteiger partial charge in [0, 0.05) is 6.07 Å². The molecule has 3 aromatic rings. The lowest BCUT2D eigenvalue weighted by Crippen LogP contribution is -1.96. The average molecular weight is 360 g/mol. The van der Waals surface area contributed by atoms with E-state index >= 15 is 0 Å². The number of aromatic amines is 1. The lowest BCUT2D eigenvalue weighted by Gasteiger charge is -2.09. The molecule has 0 unspecified atom stereocenters. The first-order valence-electron chi connectivity index (χ1n) is 5.95. The maximum absolute atomic E-state index is 6.28. The molecule has 0 atom stereocenters. The highest BCUT2D eigenvalue weighted by atomic mass is 35.5. The fourth-order valence-electron chi connectivity index (χ4n) is 2.13. The van der Waals surface area contributed by atoms with Crippen molar-refractivity contribution in [3.05, 3.63) is 50.2 Å². The Hall–Kier alpha value is -1.20. The lowest BCUT2D eigenvalue weighted by atomic mass is 10.2. The van der Waals surface area contributed by atoms with Crippen molar-refractivity contribution < 1.29 is 4.74 Å². The van der Waals surface area contributed by atoms with Crippen LogP contribution in [0.15, 0.2) is 30.3 Å². The molecule has 1 N–H and O–H groups in total. The number of halogens is 3. The van der Waals surface area contributed by atoms with Crippen LogP contribution in [0, 0.1) is 4.77 Å². The third kappa shape index (κ3) is 2.53. The Morgan fingerprint density at radius 3 is 2.48 bits per heavy atom. The molecule has 2 aromatic carbocycles. The van der Waals surface area contributed by atoms with Gasteiger partial charge in [-0.25, -0.2) is 0 Å². The monoisotopic (exact) mass is 358 g/mol. The van der Waals surface area contributed by atoms with Gasteiger partial charge in [-0.15, -0.1) is 0 Å². The van der Waals surface area contributed by atoms with Gasteiger partial charge in [-0.05, 0) is 36.5 Å². The Morgan fingerprint density at radius 2 is 1.76 bits per heavy atom. The summed E-state index contributed by atoms with van der Waals surface area (Å²) in [7, 11) is 1.61. The highest BCUT2D eigenvalue weighted by Crippen LogP contribution is 2.33. The second kappa shape index (κ2) is 5.54. The molecular formula is C14H9Cl3N2OS. The van der Waals surface area contributed by atoms with Crippen LogP contribution in [0.4, 0.5) is 0 Å². The minimum Gasteiger partial charge on any atom is -0.497 e. The number of aromatic nitrogens is 2. The standard InChI is InChI=1S/C14H9Cl3N2OS/c1-20-7-2-3-11-13(4-7)19(14(21)18-11)12-6-9(16)8(15)5-10(12)17/h2-6H,1H3,(H,18,21). The smallest absolute Gasteiger partial charge is 0.182 e. The lowest BCUT2D eigenvalue weighted by molar-refractivity contribution is 0.415. The van der Waals surface area contributed by atoms with E-state index in [4.69, 9.17) is 51.8 Å². The Kier molecular flexibility index (Phi) is 3.88. The van der Waals surface area contributed by atoms with Crippen LogP contribution in [-0.4, -0.2) is 16.7 Å². The van der Waals surface area contributed by atoms with Crippen LogP contribution in [0.1, 0.15) is 0 Å². The molecule has 0 radical (unpaired) electrons. The first kappa shape index (κ1) is 14.7. The number of fused-ring (bicyclic) bond motifs is 1. The Balaban J connectivity index is 2.36. The predicted molar refractivity (Wildman–Crippen MR) is 90.0 cm³/mol. The molecule has 1 aromatic heterocycles. The summed E-state index contributed by atoms with van der Waals surface area (Å²) in [6.07, 6.45) is 0. The zero-order valence-electron chi connectivity index (χ0n) is 10.8. The van der Waals surface area contributed by atoms with E-state index in [9.17, 15) is 0 Å². The number of rotatable bonds is 2. The van der Waals surface area contributed by atoms with Crippen LogP contribution in [0.25, 0.3) is 16.7 Å². The van der Waals surface area contributed by atoms with Crippen LogP contribution in [0.3, 0.4) is 0 Å². The van der Waals surface area contributed by atoms with E-state index in [1.807, 2.05) is 18.2 Å². The van der Waals surface area contributed by atoms with Gasteiger partial charge in [0.2, 0.25) is 0 Å².